The number of hydrogen-bond donors (Lipinski definition) is 0. The molecule has 1 heterocycles. The number of carbonyl (C=O) groups is 2. The summed E-state index contributed by atoms with van der Waals surface area (Å²) in [5.41, 5.74) is 1.27. The molecule has 0 unspecified atom stereocenters. The molecule has 1 aromatic rings. The van der Waals surface area contributed by atoms with Crippen LogP contribution in [0.25, 0.3) is 0 Å². The summed E-state index contributed by atoms with van der Waals surface area (Å²) in [6, 6.07) is 10.3. The van der Waals surface area contributed by atoms with Crippen molar-refractivity contribution in [3.8, 4) is 0 Å². The van der Waals surface area contributed by atoms with Gasteiger partial charge in [-0.15, -0.1) is 0 Å². The van der Waals surface area contributed by atoms with E-state index in [1.807, 2.05) is 28.0 Å². The Bertz CT molecular complexity index is 662. The van der Waals surface area contributed by atoms with Gasteiger partial charge >= 0.3 is 0 Å². The summed E-state index contributed by atoms with van der Waals surface area (Å²) < 4.78 is 5.89. The molecule has 2 aliphatic carbocycles. The fraction of sp³-hybridized carbons (Fsp3) is 0.652. The number of rotatable bonds is 5. The minimum Gasteiger partial charge on any atom is -0.368 e. The summed E-state index contributed by atoms with van der Waals surface area (Å²) in [6.45, 7) is 2.73. The van der Waals surface area contributed by atoms with Crippen LogP contribution in [0.5, 0.6) is 0 Å². The van der Waals surface area contributed by atoms with Crippen molar-refractivity contribution in [1.82, 2.24) is 9.80 Å². The van der Waals surface area contributed by atoms with Gasteiger partial charge in [0.1, 0.15) is 6.61 Å². The van der Waals surface area contributed by atoms with Crippen LogP contribution in [0, 0.1) is 5.92 Å². The van der Waals surface area contributed by atoms with Crippen LogP contribution in [0.4, 0.5) is 0 Å². The predicted molar refractivity (Wildman–Crippen MR) is 108 cm³/mol. The van der Waals surface area contributed by atoms with Crippen LogP contribution in [0.2, 0.25) is 0 Å². The van der Waals surface area contributed by atoms with E-state index >= 15 is 0 Å². The molecule has 1 saturated heterocycles. The van der Waals surface area contributed by atoms with Crippen molar-refractivity contribution in [2.24, 2.45) is 5.92 Å². The number of ether oxygens (including phenoxy) is 1. The number of benzene rings is 1. The lowest BCUT2D eigenvalue weighted by molar-refractivity contribution is -0.144. The molecule has 2 amide bonds. The molecule has 2 atom stereocenters. The Balaban J connectivity index is 1.19. The van der Waals surface area contributed by atoms with Crippen molar-refractivity contribution < 1.29 is 14.3 Å². The van der Waals surface area contributed by atoms with E-state index in [1.54, 1.807) is 0 Å². The van der Waals surface area contributed by atoms with Gasteiger partial charge in [-0.2, -0.15) is 0 Å². The second kappa shape index (κ2) is 9.08. The summed E-state index contributed by atoms with van der Waals surface area (Å²) in [7, 11) is 0. The standard InChI is InChI=1S/C23H32N2O3/c26-22(17-28-19-10-6-1-2-7-11-19)24-12-14-25(15-13-24)23(27)21-16-20(21)18-8-4-3-5-9-18/h3-5,8-9,19-21H,1-2,6-7,10-17H2/t20-,21+/m0/s1. The van der Waals surface area contributed by atoms with Crippen LogP contribution >= 0.6 is 0 Å². The summed E-state index contributed by atoms with van der Waals surface area (Å²) in [5, 5.41) is 0. The zero-order valence-electron chi connectivity index (χ0n) is 16.7. The fourth-order valence-corrected chi connectivity index (χ4v) is 4.64. The van der Waals surface area contributed by atoms with E-state index in [2.05, 4.69) is 12.1 Å². The number of hydrogen-bond acceptors (Lipinski definition) is 3. The van der Waals surface area contributed by atoms with Gasteiger partial charge in [0, 0.05) is 32.1 Å². The molecule has 0 radical (unpaired) electrons. The highest BCUT2D eigenvalue weighted by atomic mass is 16.5. The third-order valence-corrected chi connectivity index (χ3v) is 6.52. The van der Waals surface area contributed by atoms with Gasteiger partial charge in [0.25, 0.3) is 0 Å². The highest BCUT2D eigenvalue weighted by Gasteiger charge is 2.46. The van der Waals surface area contributed by atoms with Crippen LogP contribution in [0.15, 0.2) is 30.3 Å². The first kappa shape index (κ1) is 19.4. The maximum absolute atomic E-state index is 12.8. The van der Waals surface area contributed by atoms with Crippen molar-refractivity contribution >= 4 is 11.8 Å². The lowest BCUT2D eigenvalue weighted by atomic mass is 10.1. The fourth-order valence-electron chi connectivity index (χ4n) is 4.64. The Morgan fingerprint density at radius 2 is 1.54 bits per heavy atom. The van der Waals surface area contributed by atoms with Gasteiger partial charge in [-0.25, -0.2) is 0 Å². The number of amides is 2. The molecule has 28 heavy (non-hydrogen) atoms. The van der Waals surface area contributed by atoms with Crippen molar-refractivity contribution in [1.29, 1.82) is 0 Å². The summed E-state index contributed by atoms with van der Waals surface area (Å²) in [6.07, 6.45) is 8.37. The zero-order valence-corrected chi connectivity index (χ0v) is 16.7. The van der Waals surface area contributed by atoms with E-state index in [4.69, 9.17) is 4.74 Å². The average Bonchev–Trinajstić information content (AvgIpc) is 3.57. The molecule has 152 valence electrons. The minimum atomic E-state index is 0.0740. The van der Waals surface area contributed by atoms with Gasteiger partial charge in [-0.05, 0) is 30.7 Å². The third kappa shape index (κ3) is 4.75. The SMILES string of the molecule is O=C(COC1CCCCCC1)N1CCN(C(=O)[C@@H]2C[C@H]2c2ccccc2)CC1. The van der Waals surface area contributed by atoms with Crippen molar-refractivity contribution in [2.45, 2.75) is 57.0 Å². The first-order valence-electron chi connectivity index (χ1n) is 11.0. The Labute approximate surface area is 168 Å². The average molecular weight is 385 g/mol. The first-order valence-corrected chi connectivity index (χ1v) is 11.0. The summed E-state index contributed by atoms with van der Waals surface area (Å²) >= 11 is 0. The molecular formula is C23H32N2O3. The molecule has 1 aromatic carbocycles. The zero-order chi connectivity index (χ0) is 19.3. The first-order chi connectivity index (χ1) is 13.7. The molecule has 5 heteroatoms. The van der Waals surface area contributed by atoms with E-state index in [0.717, 1.165) is 19.3 Å². The Kier molecular flexibility index (Phi) is 6.30. The third-order valence-electron chi connectivity index (χ3n) is 6.52. The van der Waals surface area contributed by atoms with Gasteiger partial charge in [-0.3, -0.25) is 9.59 Å². The second-order valence-electron chi connectivity index (χ2n) is 8.49. The normalized spacial score (nSPS) is 26.0. The lowest BCUT2D eigenvalue weighted by Crippen LogP contribution is -2.52. The molecule has 2 saturated carbocycles. The molecule has 0 N–H and O–H groups in total. The van der Waals surface area contributed by atoms with Crippen molar-refractivity contribution in [2.75, 3.05) is 32.8 Å². The summed E-state index contributed by atoms with van der Waals surface area (Å²) in [4.78, 5) is 29.1. The van der Waals surface area contributed by atoms with Crippen LogP contribution < -0.4 is 0 Å². The Morgan fingerprint density at radius 1 is 0.893 bits per heavy atom. The maximum Gasteiger partial charge on any atom is 0.248 e. The lowest BCUT2D eigenvalue weighted by Gasteiger charge is -2.35. The van der Waals surface area contributed by atoms with Gasteiger partial charge in [0.05, 0.1) is 6.10 Å². The van der Waals surface area contributed by atoms with Gasteiger partial charge in [0.15, 0.2) is 0 Å². The quantitative estimate of drug-likeness (QED) is 0.733. The Hall–Kier alpha value is -1.88. The molecule has 0 spiro atoms. The molecule has 1 aliphatic heterocycles. The number of carbonyl (C=O) groups excluding carboxylic acids is 2. The molecule has 0 aromatic heterocycles. The van der Waals surface area contributed by atoms with E-state index in [-0.39, 0.29) is 30.4 Å². The van der Waals surface area contributed by atoms with Crippen molar-refractivity contribution in [3.63, 3.8) is 0 Å². The van der Waals surface area contributed by atoms with E-state index < -0.39 is 0 Å². The molecular weight excluding hydrogens is 352 g/mol. The molecule has 3 aliphatic rings. The topological polar surface area (TPSA) is 49.9 Å². The molecule has 4 rings (SSSR count). The van der Waals surface area contributed by atoms with E-state index in [9.17, 15) is 9.59 Å². The molecule has 0 bridgehead atoms. The van der Waals surface area contributed by atoms with Crippen LogP contribution in [-0.2, 0) is 14.3 Å². The molecule has 3 fully saturated rings. The molecule has 5 nitrogen and oxygen atoms in total. The van der Waals surface area contributed by atoms with Crippen LogP contribution in [-0.4, -0.2) is 60.5 Å². The predicted octanol–water partition coefficient (Wildman–Crippen LogP) is 3.20. The van der Waals surface area contributed by atoms with Crippen LogP contribution in [0.1, 0.15) is 56.4 Å². The highest BCUT2D eigenvalue weighted by molar-refractivity contribution is 5.83. The van der Waals surface area contributed by atoms with Crippen molar-refractivity contribution in [3.05, 3.63) is 35.9 Å². The maximum atomic E-state index is 12.8. The largest absolute Gasteiger partial charge is 0.368 e. The smallest absolute Gasteiger partial charge is 0.248 e. The highest BCUT2D eigenvalue weighted by Crippen LogP contribution is 2.48. The van der Waals surface area contributed by atoms with E-state index in [0.29, 0.717) is 32.1 Å². The monoisotopic (exact) mass is 384 g/mol. The van der Waals surface area contributed by atoms with Crippen LogP contribution in [0.3, 0.4) is 0 Å². The second-order valence-corrected chi connectivity index (χ2v) is 8.49. The van der Waals surface area contributed by atoms with E-state index in [1.165, 1.54) is 31.2 Å². The van der Waals surface area contributed by atoms with Gasteiger partial charge in [-0.1, -0.05) is 56.0 Å². The number of piperazine rings is 1. The minimum absolute atomic E-state index is 0.0740. The van der Waals surface area contributed by atoms with Gasteiger partial charge in [0.2, 0.25) is 11.8 Å². The number of nitrogens with zero attached hydrogens (tertiary/aromatic N) is 2. The Morgan fingerprint density at radius 3 is 2.21 bits per heavy atom. The summed E-state index contributed by atoms with van der Waals surface area (Å²) in [5.74, 6) is 0.838. The van der Waals surface area contributed by atoms with Gasteiger partial charge < -0.3 is 14.5 Å².